The quantitative estimate of drug-likeness (QED) is 0.764. The fourth-order valence-electron chi connectivity index (χ4n) is 3.28. The molecule has 1 saturated heterocycles. The second kappa shape index (κ2) is 10.9. The van der Waals surface area contributed by atoms with Gasteiger partial charge in [-0.15, -0.1) is 12.4 Å². The summed E-state index contributed by atoms with van der Waals surface area (Å²) in [4.78, 5) is 14.2. The lowest BCUT2D eigenvalue weighted by Gasteiger charge is -2.33. The van der Waals surface area contributed by atoms with Crippen LogP contribution in [0.2, 0.25) is 0 Å². The number of halogens is 1. The molecule has 2 N–H and O–H groups in total. The van der Waals surface area contributed by atoms with E-state index in [2.05, 4.69) is 0 Å². The summed E-state index contributed by atoms with van der Waals surface area (Å²) in [5, 5.41) is 0. The van der Waals surface area contributed by atoms with Gasteiger partial charge in [0.15, 0.2) is 6.61 Å². The summed E-state index contributed by atoms with van der Waals surface area (Å²) in [5.74, 6) is 1.98. The van der Waals surface area contributed by atoms with Gasteiger partial charge < -0.3 is 20.1 Å². The molecule has 1 amide bonds. The van der Waals surface area contributed by atoms with E-state index in [-0.39, 0.29) is 31.0 Å². The highest BCUT2D eigenvalue weighted by Gasteiger charge is 2.24. The van der Waals surface area contributed by atoms with Crippen molar-refractivity contribution < 1.29 is 14.3 Å². The third kappa shape index (κ3) is 6.43. The van der Waals surface area contributed by atoms with Crippen molar-refractivity contribution >= 4 is 18.3 Å². The van der Waals surface area contributed by atoms with E-state index in [9.17, 15) is 4.79 Å². The Bertz CT molecular complexity index is 714. The molecule has 5 nitrogen and oxygen atoms in total. The van der Waals surface area contributed by atoms with Crippen LogP contribution < -0.4 is 15.2 Å². The number of amides is 1. The van der Waals surface area contributed by atoms with Crippen molar-refractivity contribution in [2.24, 2.45) is 11.7 Å². The van der Waals surface area contributed by atoms with Crippen molar-refractivity contribution in [1.82, 2.24) is 4.90 Å². The normalized spacial score (nSPS) is 15.4. The maximum Gasteiger partial charge on any atom is 0.260 e. The topological polar surface area (TPSA) is 64.8 Å². The lowest BCUT2D eigenvalue weighted by molar-refractivity contribution is -0.134. The van der Waals surface area contributed by atoms with E-state index in [1.54, 1.807) is 0 Å². The first-order valence-electron chi connectivity index (χ1n) is 9.55. The summed E-state index contributed by atoms with van der Waals surface area (Å²) in [7, 11) is 0. The first-order valence-corrected chi connectivity index (χ1v) is 9.55. The zero-order chi connectivity index (χ0) is 19.1. The number of nitrogens with two attached hydrogens (primary N) is 1. The largest absolute Gasteiger partial charge is 0.489 e. The molecule has 1 heterocycles. The standard InChI is InChI=1S/C22H28N2O3.ClH/c1-17(23)19-11-13-24(14-12-19)22(25)16-27-21-9-7-20(8-10-21)26-15-18-5-3-2-4-6-18;/h2-10,17,19H,11-16,23H2,1H3;1H. The van der Waals surface area contributed by atoms with E-state index in [1.807, 2.05) is 66.4 Å². The van der Waals surface area contributed by atoms with Crippen LogP contribution in [0.15, 0.2) is 54.6 Å². The highest BCUT2D eigenvalue weighted by Crippen LogP contribution is 2.21. The molecule has 3 rings (SSSR count). The van der Waals surface area contributed by atoms with E-state index < -0.39 is 0 Å². The number of rotatable bonds is 7. The van der Waals surface area contributed by atoms with Crippen molar-refractivity contribution in [2.75, 3.05) is 19.7 Å². The Morgan fingerprint density at radius 1 is 1.04 bits per heavy atom. The molecule has 1 aliphatic heterocycles. The highest BCUT2D eigenvalue weighted by atomic mass is 35.5. The number of hydrogen-bond donors (Lipinski definition) is 1. The number of nitrogens with zero attached hydrogens (tertiary/aromatic N) is 1. The molecule has 1 unspecified atom stereocenters. The summed E-state index contributed by atoms with van der Waals surface area (Å²) in [6, 6.07) is 17.6. The fourth-order valence-corrected chi connectivity index (χ4v) is 3.28. The van der Waals surface area contributed by atoms with Gasteiger partial charge in [0, 0.05) is 19.1 Å². The van der Waals surface area contributed by atoms with Crippen molar-refractivity contribution in [3.05, 3.63) is 60.2 Å². The number of ether oxygens (including phenoxy) is 2. The number of piperidine rings is 1. The minimum absolute atomic E-state index is 0. The molecule has 0 aromatic heterocycles. The first-order chi connectivity index (χ1) is 13.1. The van der Waals surface area contributed by atoms with E-state index in [0.29, 0.717) is 18.3 Å². The molecule has 1 aliphatic rings. The van der Waals surface area contributed by atoms with Crippen LogP contribution in [0.25, 0.3) is 0 Å². The van der Waals surface area contributed by atoms with E-state index in [1.165, 1.54) is 0 Å². The van der Waals surface area contributed by atoms with Crippen LogP contribution in [0.5, 0.6) is 11.5 Å². The Balaban J connectivity index is 0.00000280. The van der Waals surface area contributed by atoms with Gasteiger partial charge in [-0.05, 0) is 55.5 Å². The molecule has 0 bridgehead atoms. The average Bonchev–Trinajstić information content (AvgIpc) is 2.72. The summed E-state index contributed by atoms with van der Waals surface area (Å²) in [5.41, 5.74) is 7.07. The predicted molar refractivity (Wildman–Crippen MR) is 113 cm³/mol. The molecule has 2 aromatic carbocycles. The van der Waals surface area contributed by atoms with Crippen molar-refractivity contribution in [2.45, 2.75) is 32.4 Å². The minimum Gasteiger partial charge on any atom is -0.489 e. The van der Waals surface area contributed by atoms with Crippen molar-refractivity contribution in [3.63, 3.8) is 0 Å². The zero-order valence-corrected chi connectivity index (χ0v) is 17.1. The maximum absolute atomic E-state index is 12.3. The second-order valence-electron chi connectivity index (χ2n) is 7.11. The molecule has 0 aliphatic carbocycles. The van der Waals surface area contributed by atoms with Crippen LogP contribution in [0.1, 0.15) is 25.3 Å². The Hall–Kier alpha value is -2.24. The number of benzene rings is 2. The van der Waals surface area contributed by atoms with E-state index in [0.717, 1.165) is 37.2 Å². The van der Waals surface area contributed by atoms with Crippen LogP contribution in [-0.4, -0.2) is 36.5 Å². The van der Waals surface area contributed by atoms with Crippen LogP contribution in [0.3, 0.4) is 0 Å². The third-order valence-corrected chi connectivity index (χ3v) is 5.07. The minimum atomic E-state index is 0. The zero-order valence-electron chi connectivity index (χ0n) is 16.3. The molecule has 0 spiro atoms. The lowest BCUT2D eigenvalue weighted by atomic mass is 9.91. The summed E-state index contributed by atoms with van der Waals surface area (Å²) >= 11 is 0. The molecule has 152 valence electrons. The lowest BCUT2D eigenvalue weighted by Crippen LogP contribution is -2.44. The predicted octanol–water partition coefficient (Wildman–Crippen LogP) is 3.65. The van der Waals surface area contributed by atoms with Gasteiger partial charge in [0.1, 0.15) is 18.1 Å². The Morgan fingerprint density at radius 2 is 1.61 bits per heavy atom. The number of hydrogen-bond acceptors (Lipinski definition) is 4. The van der Waals surface area contributed by atoms with Crippen LogP contribution >= 0.6 is 12.4 Å². The number of carbonyl (C=O) groups excluding carboxylic acids is 1. The van der Waals surface area contributed by atoms with Gasteiger partial charge in [-0.3, -0.25) is 4.79 Å². The number of carbonyl (C=O) groups is 1. The summed E-state index contributed by atoms with van der Waals surface area (Å²) in [6.45, 7) is 4.16. The summed E-state index contributed by atoms with van der Waals surface area (Å²) < 4.78 is 11.4. The fraction of sp³-hybridized carbons (Fsp3) is 0.409. The molecule has 0 saturated carbocycles. The van der Waals surface area contributed by atoms with Gasteiger partial charge in [0.25, 0.3) is 5.91 Å². The Morgan fingerprint density at radius 3 is 2.18 bits per heavy atom. The Kier molecular flexibility index (Phi) is 8.61. The molecular formula is C22H29ClN2O3. The summed E-state index contributed by atoms with van der Waals surface area (Å²) in [6.07, 6.45) is 1.94. The second-order valence-corrected chi connectivity index (χ2v) is 7.11. The molecule has 0 radical (unpaired) electrons. The maximum atomic E-state index is 12.3. The Labute approximate surface area is 173 Å². The van der Waals surface area contributed by atoms with Gasteiger partial charge in [0.2, 0.25) is 0 Å². The number of likely N-dealkylation sites (tertiary alicyclic amines) is 1. The van der Waals surface area contributed by atoms with Gasteiger partial charge in [0.05, 0.1) is 0 Å². The molecule has 28 heavy (non-hydrogen) atoms. The average molecular weight is 405 g/mol. The smallest absolute Gasteiger partial charge is 0.260 e. The molecule has 1 atom stereocenters. The van der Waals surface area contributed by atoms with Crippen molar-refractivity contribution in [3.8, 4) is 11.5 Å². The first kappa shape index (κ1) is 22.1. The van der Waals surface area contributed by atoms with Crippen molar-refractivity contribution in [1.29, 1.82) is 0 Å². The third-order valence-electron chi connectivity index (χ3n) is 5.07. The van der Waals surface area contributed by atoms with Crippen LogP contribution in [-0.2, 0) is 11.4 Å². The molecule has 2 aromatic rings. The van der Waals surface area contributed by atoms with Gasteiger partial charge >= 0.3 is 0 Å². The van der Waals surface area contributed by atoms with E-state index >= 15 is 0 Å². The molecule has 6 heteroatoms. The SMILES string of the molecule is CC(N)C1CCN(C(=O)COc2ccc(OCc3ccccc3)cc2)CC1.Cl. The van der Waals surface area contributed by atoms with E-state index in [4.69, 9.17) is 15.2 Å². The van der Waals surface area contributed by atoms with Gasteiger partial charge in [-0.25, -0.2) is 0 Å². The van der Waals surface area contributed by atoms with Gasteiger partial charge in [-0.2, -0.15) is 0 Å². The molecular weight excluding hydrogens is 376 g/mol. The highest BCUT2D eigenvalue weighted by molar-refractivity contribution is 5.85. The molecule has 1 fully saturated rings. The van der Waals surface area contributed by atoms with Gasteiger partial charge in [-0.1, -0.05) is 30.3 Å². The monoisotopic (exact) mass is 404 g/mol. The van der Waals surface area contributed by atoms with Crippen LogP contribution in [0, 0.1) is 5.92 Å². The van der Waals surface area contributed by atoms with Crippen LogP contribution in [0.4, 0.5) is 0 Å².